The molecule has 0 radical (unpaired) electrons. The molecular formula is C14H23NO3. The van der Waals surface area contributed by atoms with Crippen LogP contribution in [0.2, 0.25) is 0 Å². The molecular weight excluding hydrogens is 230 g/mol. The summed E-state index contributed by atoms with van der Waals surface area (Å²) < 4.78 is 10.6. The van der Waals surface area contributed by atoms with E-state index >= 15 is 0 Å². The second-order valence-electron chi connectivity index (χ2n) is 4.11. The normalized spacial score (nSPS) is 10.4. The summed E-state index contributed by atoms with van der Waals surface area (Å²) in [5, 5.41) is 12.0. The number of ether oxygens (including phenoxy) is 2. The third kappa shape index (κ3) is 4.55. The van der Waals surface area contributed by atoms with E-state index in [1.165, 1.54) is 0 Å². The molecule has 4 nitrogen and oxygen atoms in total. The largest absolute Gasteiger partial charge is 0.493 e. The van der Waals surface area contributed by atoms with Gasteiger partial charge in [-0.2, -0.15) is 0 Å². The molecule has 0 saturated heterocycles. The summed E-state index contributed by atoms with van der Waals surface area (Å²) in [4.78, 5) is 0. The van der Waals surface area contributed by atoms with Crippen LogP contribution < -0.4 is 14.8 Å². The van der Waals surface area contributed by atoms with Crippen LogP contribution in [0.1, 0.15) is 24.8 Å². The van der Waals surface area contributed by atoms with Crippen LogP contribution in [-0.2, 0) is 6.54 Å². The molecule has 1 aromatic carbocycles. The molecule has 0 saturated carbocycles. The van der Waals surface area contributed by atoms with Crippen molar-refractivity contribution in [3.8, 4) is 11.5 Å². The average Bonchev–Trinajstić information content (AvgIpc) is 2.42. The zero-order valence-electron chi connectivity index (χ0n) is 11.2. The highest BCUT2D eigenvalue weighted by Gasteiger charge is 2.08. The van der Waals surface area contributed by atoms with Crippen LogP contribution in [0.3, 0.4) is 0 Å². The Hall–Kier alpha value is -1.26. The minimum atomic E-state index is 0.281. The molecule has 2 N–H and O–H groups in total. The molecule has 0 aliphatic carbocycles. The number of hydrogen-bond acceptors (Lipinski definition) is 4. The number of aliphatic hydroxyl groups excluding tert-OH is 1. The third-order valence-electron chi connectivity index (χ3n) is 2.81. The Labute approximate surface area is 109 Å². The molecule has 0 atom stereocenters. The molecule has 1 aromatic rings. The molecule has 4 heteroatoms. The van der Waals surface area contributed by atoms with E-state index in [-0.39, 0.29) is 6.61 Å². The first-order chi connectivity index (χ1) is 8.83. The molecule has 0 aromatic heterocycles. The maximum absolute atomic E-state index is 8.68. The van der Waals surface area contributed by atoms with Gasteiger partial charge >= 0.3 is 0 Å². The smallest absolute Gasteiger partial charge is 0.165 e. The summed E-state index contributed by atoms with van der Waals surface area (Å²) in [6.45, 7) is 1.99. The van der Waals surface area contributed by atoms with Gasteiger partial charge in [0.2, 0.25) is 0 Å². The lowest BCUT2D eigenvalue weighted by atomic mass is 10.1. The molecule has 0 unspecified atom stereocenters. The van der Waals surface area contributed by atoms with Crippen molar-refractivity contribution in [1.82, 2.24) is 5.32 Å². The zero-order chi connectivity index (χ0) is 13.2. The second kappa shape index (κ2) is 8.78. The van der Waals surface area contributed by atoms with Gasteiger partial charge in [0.05, 0.1) is 14.2 Å². The van der Waals surface area contributed by atoms with Gasteiger partial charge in [0, 0.05) is 18.7 Å². The van der Waals surface area contributed by atoms with Crippen molar-refractivity contribution in [1.29, 1.82) is 0 Å². The van der Waals surface area contributed by atoms with Crippen molar-refractivity contribution in [3.63, 3.8) is 0 Å². The van der Waals surface area contributed by atoms with E-state index in [0.717, 1.165) is 49.4 Å². The summed E-state index contributed by atoms with van der Waals surface area (Å²) in [6.07, 6.45) is 3.01. The topological polar surface area (TPSA) is 50.7 Å². The van der Waals surface area contributed by atoms with Crippen LogP contribution in [0.4, 0.5) is 0 Å². The summed E-state index contributed by atoms with van der Waals surface area (Å²) in [6, 6.07) is 5.88. The van der Waals surface area contributed by atoms with Gasteiger partial charge in [-0.05, 0) is 31.9 Å². The van der Waals surface area contributed by atoms with Crippen molar-refractivity contribution >= 4 is 0 Å². The van der Waals surface area contributed by atoms with Crippen LogP contribution in [0.25, 0.3) is 0 Å². The van der Waals surface area contributed by atoms with Gasteiger partial charge in [-0.1, -0.05) is 12.1 Å². The van der Waals surface area contributed by atoms with E-state index in [9.17, 15) is 0 Å². The Morgan fingerprint density at radius 3 is 2.61 bits per heavy atom. The van der Waals surface area contributed by atoms with Crippen molar-refractivity contribution in [2.45, 2.75) is 25.8 Å². The Kier molecular flexibility index (Phi) is 7.22. The number of rotatable bonds is 9. The molecule has 0 amide bonds. The standard InChI is InChI=1S/C14H23NO3/c1-17-13-8-6-7-12(14(13)18-2)11-15-9-4-3-5-10-16/h6-8,15-16H,3-5,9-11H2,1-2H3. The first kappa shape index (κ1) is 14.8. The third-order valence-corrected chi connectivity index (χ3v) is 2.81. The fraction of sp³-hybridized carbons (Fsp3) is 0.571. The number of unbranched alkanes of at least 4 members (excludes halogenated alkanes) is 2. The summed E-state index contributed by atoms with van der Waals surface area (Å²) in [7, 11) is 3.30. The van der Waals surface area contributed by atoms with Gasteiger partial charge < -0.3 is 19.9 Å². The first-order valence-corrected chi connectivity index (χ1v) is 6.35. The van der Waals surface area contributed by atoms with Crippen molar-refractivity contribution in [3.05, 3.63) is 23.8 Å². The van der Waals surface area contributed by atoms with Gasteiger partial charge in [-0.15, -0.1) is 0 Å². The summed E-state index contributed by atoms with van der Waals surface area (Å²) in [5.74, 6) is 1.56. The molecule has 0 aliphatic rings. The van der Waals surface area contributed by atoms with Gasteiger partial charge in [0.1, 0.15) is 0 Å². The maximum atomic E-state index is 8.68. The molecule has 0 heterocycles. The highest BCUT2D eigenvalue weighted by molar-refractivity contribution is 5.46. The lowest BCUT2D eigenvalue weighted by Crippen LogP contribution is -2.15. The molecule has 102 valence electrons. The maximum Gasteiger partial charge on any atom is 0.165 e. The van der Waals surface area contributed by atoms with E-state index in [2.05, 4.69) is 5.32 Å². The quantitative estimate of drug-likeness (QED) is 0.661. The molecule has 18 heavy (non-hydrogen) atoms. The van der Waals surface area contributed by atoms with E-state index in [1.807, 2.05) is 18.2 Å². The number of methoxy groups -OCH3 is 2. The van der Waals surface area contributed by atoms with Crippen LogP contribution >= 0.6 is 0 Å². The summed E-state index contributed by atoms with van der Waals surface area (Å²) >= 11 is 0. The predicted octanol–water partition coefficient (Wildman–Crippen LogP) is 1.96. The zero-order valence-corrected chi connectivity index (χ0v) is 11.2. The van der Waals surface area contributed by atoms with Crippen LogP contribution in [0.5, 0.6) is 11.5 Å². The Morgan fingerprint density at radius 1 is 1.11 bits per heavy atom. The minimum absolute atomic E-state index is 0.281. The number of nitrogens with one attached hydrogen (secondary N) is 1. The van der Waals surface area contributed by atoms with Gasteiger partial charge in [0.25, 0.3) is 0 Å². The molecule has 0 fully saturated rings. The van der Waals surface area contributed by atoms with Gasteiger partial charge in [-0.3, -0.25) is 0 Å². The van der Waals surface area contributed by atoms with Crippen molar-refractivity contribution < 1.29 is 14.6 Å². The number of benzene rings is 1. The van der Waals surface area contributed by atoms with Crippen LogP contribution in [0, 0.1) is 0 Å². The number of para-hydroxylation sites is 1. The molecule has 0 spiro atoms. The Morgan fingerprint density at radius 2 is 1.94 bits per heavy atom. The first-order valence-electron chi connectivity index (χ1n) is 6.35. The Balaban J connectivity index is 2.41. The highest BCUT2D eigenvalue weighted by Crippen LogP contribution is 2.30. The van der Waals surface area contributed by atoms with Crippen LogP contribution in [-0.4, -0.2) is 32.5 Å². The molecule has 0 bridgehead atoms. The van der Waals surface area contributed by atoms with E-state index in [1.54, 1.807) is 14.2 Å². The number of aliphatic hydroxyl groups is 1. The number of hydrogen-bond donors (Lipinski definition) is 2. The average molecular weight is 253 g/mol. The SMILES string of the molecule is COc1cccc(CNCCCCCO)c1OC. The fourth-order valence-electron chi connectivity index (χ4n) is 1.85. The van der Waals surface area contributed by atoms with E-state index < -0.39 is 0 Å². The lowest BCUT2D eigenvalue weighted by molar-refractivity contribution is 0.283. The molecule has 1 rings (SSSR count). The van der Waals surface area contributed by atoms with E-state index in [4.69, 9.17) is 14.6 Å². The predicted molar refractivity (Wildman–Crippen MR) is 72.2 cm³/mol. The van der Waals surface area contributed by atoms with Crippen molar-refractivity contribution in [2.75, 3.05) is 27.4 Å². The lowest BCUT2D eigenvalue weighted by Gasteiger charge is -2.13. The fourth-order valence-corrected chi connectivity index (χ4v) is 1.85. The monoisotopic (exact) mass is 253 g/mol. The Bertz CT molecular complexity index is 342. The summed E-state index contributed by atoms with van der Waals surface area (Å²) in [5.41, 5.74) is 1.10. The van der Waals surface area contributed by atoms with Gasteiger partial charge in [-0.25, -0.2) is 0 Å². The van der Waals surface area contributed by atoms with Crippen LogP contribution in [0.15, 0.2) is 18.2 Å². The van der Waals surface area contributed by atoms with E-state index in [0.29, 0.717) is 0 Å². The molecule has 0 aliphatic heterocycles. The van der Waals surface area contributed by atoms with Gasteiger partial charge in [0.15, 0.2) is 11.5 Å². The second-order valence-corrected chi connectivity index (χ2v) is 4.11. The highest BCUT2D eigenvalue weighted by atomic mass is 16.5. The van der Waals surface area contributed by atoms with Crippen molar-refractivity contribution in [2.24, 2.45) is 0 Å². The minimum Gasteiger partial charge on any atom is -0.493 e.